The van der Waals surface area contributed by atoms with Gasteiger partial charge in [-0.15, -0.1) is 0 Å². The van der Waals surface area contributed by atoms with E-state index in [9.17, 15) is 0 Å². The van der Waals surface area contributed by atoms with Crippen molar-refractivity contribution in [2.45, 2.75) is 66.2 Å². The molecule has 2 aromatic rings. The third kappa shape index (κ3) is 7.17. The summed E-state index contributed by atoms with van der Waals surface area (Å²) in [5, 5.41) is 12.8. The number of piperidine rings is 1. The first-order chi connectivity index (χ1) is 16.7. The van der Waals surface area contributed by atoms with E-state index < -0.39 is 0 Å². The van der Waals surface area contributed by atoms with Gasteiger partial charge < -0.3 is 5.32 Å². The Balaban J connectivity index is 1.87. The zero-order valence-corrected chi connectivity index (χ0v) is 22.3. The molecule has 3 rings (SSSR count). The number of nitrogens with zero attached hydrogens (tertiary/aromatic N) is 3. The molecule has 0 radical (unpaired) electrons. The summed E-state index contributed by atoms with van der Waals surface area (Å²) >= 11 is 0. The lowest BCUT2D eigenvalue weighted by Crippen LogP contribution is -2.27. The predicted octanol–water partition coefficient (Wildman–Crippen LogP) is 7.18. The SMILES string of the molecule is C=C(CCC(C)C=C(C)C)/C(=C\C(=NC)c1cc(F)c2cc(C3CCNCC3)nnc2c1)C(C)C. The van der Waals surface area contributed by atoms with Crippen LogP contribution in [0.25, 0.3) is 10.9 Å². The van der Waals surface area contributed by atoms with Crippen LogP contribution in [-0.4, -0.2) is 36.0 Å². The van der Waals surface area contributed by atoms with Crippen molar-refractivity contribution in [2.24, 2.45) is 16.8 Å². The molecule has 5 heteroatoms. The maximum Gasteiger partial charge on any atom is 0.133 e. The lowest BCUT2D eigenvalue weighted by atomic mass is 9.89. The van der Waals surface area contributed by atoms with Crippen LogP contribution in [0.3, 0.4) is 0 Å². The minimum Gasteiger partial charge on any atom is -0.317 e. The highest BCUT2D eigenvalue weighted by Gasteiger charge is 2.19. The Hall–Kier alpha value is -2.66. The molecule has 1 fully saturated rings. The van der Waals surface area contributed by atoms with Gasteiger partial charge in [0, 0.05) is 23.9 Å². The number of allylic oxidation sites excluding steroid dienone is 5. The van der Waals surface area contributed by atoms with Crippen molar-refractivity contribution in [3.63, 3.8) is 0 Å². The van der Waals surface area contributed by atoms with Crippen molar-refractivity contribution in [3.8, 4) is 0 Å². The third-order valence-electron chi connectivity index (χ3n) is 6.81. The number of nitrogens with one attached hydrogen (secondary N) is 1. The minimum absolute atomic E-state index is 0.280. The molecule has 35 heavy (non-hydrogen) atoms. The highest BCUT2D eigenvalue weighted by Crippen LogP contribution is 2.29. The minimum atomic E-state index is -0.280. The van der Waals surface area contributed by atoms with Gasteiger partial charge in [-0.25, -0.2) is 4.39 Å². The second-order valence-electron chi connectivity index (χ2n) is 10.4. The van der Waals surface area contributed by atoms with Crippen molar-refractivity contribution in [2.75, 3.05) is 20.1 Å². The Bertz CT molecular complexity index is 1130. The topological polar surface area (TPSA) is 50.2 Å². The van der Waals surface area contributed by atoms with Gasteiger partial charge in [0.25, 0.3) is 0 Å². The number of aliphatic imine (C=N–C) groups is 1. The number of halogens is 1. The van der Waals surface area contributed by atoms with Crippen LogP contribution in [0.15, 0.2) is 58.6 Å². The Morgan fingerprint density at radius 2 is 1.89 bits per heavy atom. The van der Waals surface area contributed by atoms with Crippen molar-refractivity contribution in [1.29, 1.82) is 0 Å². The standard InChI is InChI=1S/C30H41FN4/c1-19(2)14-21(5)8-9-22(6)25(20(3)4)17-28(32-7)24-15-27(31)26-18-29(34-35-30(26)16-24)23-10-12-33-13-11-23/h14-18,20-21,23,33H,6,8-13H2,1-5,7H3/b25-17-,32-28?. The van der Waals surface area contributed by atoms with Crippen molar-refractivity contribution >= 4 is 16.6 Å². The van der Waals surface area contributed by atoms with Crippen LogP contribution in [0.2, 0.25) is 0 Å². The van der Waals surface area contributed by atoms with Gasteiger partial charge in [-0.05, 0) is 94.3 Å². The van der Waals surface area contributed by atoms with E-state index in [1.807, 2.05) is 12.1 Å². The zero-order valence-electron chi connectivity index (χ0n) is 22.3. The molecule has 1 N–H and O–H groups in total. The quantitative estimate of drug-likeness (QED) is 0.237. The molecule has 1 aromatic heterocycles. The Labute approximate surface area is 210 Å². The van der Waals surface area contributed by atoms with Gasteiger partial charge in [-0.3, -0.25) is 4.99 Å². The van der Waals surface area contributed by atoms with Gasteiger partial charge in [0.2, 0.25) is 0 Å². The van der Waals surface area contributed by atoms with E-state index in [1.54, 1.807) is 13.1 Å². The molecule has 2 heterocycles. The van der Waals surface area contributed by atoms with Crippen LogP contribution in [0.4, 0.5) is 4.39 Å². The van der Waals surface area contributed by atoms with Crippen LogP contribution in [-0.2, 0) is 0 Å². The molecule has 1 aromatic carbocycles. The number of hydrogen-bond donors (Lipinski definition) is 1. The smallest absolute Gasteiger partial charge is 0.133 e. The average Bonchev–Trinajstić information content (AvgIpc) is 2.83. The predicted molar refractivity (Wildman–Crippen MR) is 147 cm³/mol. The summed E-state index contributed by atoms with van der Waals surface area (Å²) in [6, 6.07) is 5.35. The fraction of sp³-hybridized carbons (Fsp3) is 0.500. The van der Waals surface area contributed by atoms with Crippen LogP contribution in [0, 0.1) is 17.7 Å². The number of hydrogen-bond acceptors (Lipinski definition) is 4. The monoisotopic (exact) mass is 476 g/mol. The summed E-state index contributed by atoms with van der Waals surface area (Å²) in [5.74, 6) is 0.850. The summed E-state index contributed by atoms with van der Waals surface area (Å²) < 4.78 is 15.3. The zero-order chi connectivity index (χ0) is 25.5. The van der Waals surface area contributed by atoms with Gasteiger partial charge in [-0.1, -0.05) is 44.6 Å². The van der Waals surface area contributed by atoms with Gasteiger partial charge in [0.15, 0.2) is 0 Å². The van der Waals surface area contributed by atoms with Crippen LogP contribution < -0.4 is 5.32 Å². The second-order valence-corrected chi connectivity index (χ2v) is 10.4. The Kier molecular flexibility index (Phi) is 9.50. The first-order valence-corrected chi connectivity index (χ1v) is 12.9. The highest BCUT2D eigenvalue weighted by atomic mass is 19.1. The van der Waals surface area contributed by atoms with E-state index in [1.165, 1.54) is 5.57 Å². The number of fused-ring (bicyclic) bond motifs is 1. The summed E-state index contributed by atoms with van der Waals surface area (Å²) in [6.07, 6.45) is 8.35. The van der Waals surface area contributed by atoms with E-state index in [2.05, 4.69) is 73.9 Å². The van der Waals surface area contributed by atoms with Crippen LogP contribution >= 0.6 is 0 Å². The van der Waals surface area contributed by atoms with Gasteiger partial charge in [-0.2, -0.15) is 10.2 Å². The van der Waals surface area contributed by atoms with Crippen molar-refractivity contribution < 1.29 is 4.39 Å². The average molecular weight is 477 g/mol. The highest BCUT2D eigenvalue weighted by molar-refractivity contribution is 6.10. The summed E-state index contributed by atoms with van der Waals surface area (Å²) in [4.78, 5) is 4.50. The lowest BCUT2D eigenvalue weighted by Gasteiger charge is -2.21. The fourth-order valence-electron chi connectivity index (χ4n) is 4.88. The number of rotatable bonds is 9. The maximum atomic E-state index is 15.3. The van der Waals surface area contributed by atoms with E-state index in [0.717, 1.165) is 61.3 Å². The molecule has 1 unspecified atom stereocenters. The van der Waals surface area contributed by atoms with Gasteiger partial charge in [0.05, 0.1) is 16.9 Å². The molecular weight excluding hydrogens is 435 g/mol. The fourth-order valence-corrected chi connectivity index (χ4v) is 4.88. The molecule has 0 saturated carbocycles. The molecule has 4 nitrogen and oxygen atoms in total. The van der Waals surface area contributed by atoms with Crippen LogP contribution in [0.1, 0.15) is 77.5 Å². The molecule has 0 bridgehead atoms. The summed E-state index contributed by atoms with van der Waals surface area (Å²) in [7, 11) is 1.75. The molecule has 1 atom stereocenters. The lowest BCUT2D eigenvalue weighted by molar-refractivity contribution is 0.451. The van der Waals surface area contributed by atoms with E-state index in [0.29, 0.717) is 28.3 Å². The Morgan fingerprint density at radius 3 is 2.51 bits per heavy atom. The first kappa shape index (κ1) is 26.9. The van der Waals surface area contributed by atoms with Crippen molar-refractivity contribution in [1.82, 2.24) is 15.5 Å². The molecule has 0 amide bonds. The molecule has 0 spiro atoms. The molecule has 0 aliphatic carbocycles. The van der Waals surface area contributed by atoms with E-state index in [4.69, 9.17) is 0 Å². The van der Waals surface area contributed by atoms with E-state index >= 15 is 4.39 Å². The molecule has 1 aliphatic heterocycles. The maximum absolute atomic E-state index is 15.3. The molecule has 188 valence electrons. The molecule has 1 aliphatic rings. The molecular formula is C30H41FN4. The van der Waals surface area contributed by atoms with Gasteiger partial charge >= 0.3 is 0 Å². The van der Waals surface area contributed by atoms with Crippen molar-refractivity contribution in [3.05, 3.63) is 70.7 Å². The first-order valence-electron chi connectivity index (χ1n) is 12.9. The van der Waals surface area contributed by atoms with E-state index in [-0.39, 0.29) is 11.7 Å². The largest absolute Gasteiger partial charge is 0.317 e. The summed E-state index contributed by atoms with van der Waals surface area (Å²) in [5.41, 5.74) is 6.50. The number of benzene rings is 1. The summed E-state index contributed by atoms with van der Waals surface area (Å²) in [6.45, 7) is 17.2. The number of aromatic nitrogens is 2. The normalized spacial score (nSPS) is 16.6. The van der Waals surface area contributed by atoms with Gasteiger partial charge in [0.1, 0.15) is 5.82 Å². The third-order valence-corrected chi connectivity index (χ3v) is 6.81. The van der Waals surface area contributed by atoms with Crippen LogP contribution in [0.5, 0.6) is 0 Å². The Morgan fingerprint density at radius 1 is 1.17 bits per heavy atom. The second kappa shape index (κ2) is 12.3. The molecule has 1 saturated heterocycles.